The van der Waals surface area contributed by atoms with Gasteiger partial charge >= 0.3 is 6.18 Å². The predicted octanol–water partition coefficient (Wildman–Crippen LogP) is 3.08. The van der Waals surface area contributed by atoms with Crippen LogP contribution in [0.5, 0.6) is 0 Å². The van der Waals surface area contributed by atoms with Gasteiger partial charge in [0, 0.05) is 25.4 Å². The lowest BCUT2D eigenvalue weighted by Crippen LogP contribution is -2.40. The Morgan fingerprint density at radius 3 is 2.77 bits per heavy atom. The van der Waals surface area contributed by atoms with E-state index in [0.717, 1.165) is 6.07 Å². The largest absolute Gasteiger partial charge is 0.417 e. The Hall–Kier alpha value is -2.17. The van der Waals surface area contributed by atoms with Crippen LogP contribution < -0.4 is 0 Å². The number of fused-ring (bicyclic) bond motifs is 1. The fraction of sp³-hybridized carbons (Fsp3) is 0.632. The van der Waals surface area contributed by atoms with E-state index in [0.29, 0.717) is 25.8 Å². The third kappa shape index (κ3) is 4.17. The van der Waals surface area contributed by atoms with Crippen LogP contribution in [0, 0.1) is 12.8 Å². The van der Waals surface area contributed by atoms with E-state index >= 15 is 0 Å². The van der Waals surface area contributed by atoms with Gasteiger partial charge in [-0.2, -0.15) is 13.2 Å². The molecule has 0 saturated carbocycles. The number of pyridine rings is 1. The Bertz CT molecular complexity index is 1080. The maximum atomic E-state index is 13.6. The van der Waals surface area contributed by atoms with Crippen molar-refractivity contribution < 1.29 is 30.9 Å². The van der Waals surface area contributed by atoms with Crippen molar-refractivity contribution in [3.63, 3.8) is 0 Å². The Balaban J connectivity index is 1.55. The first-order valence-electron chi connectivity index (χ1n) is 9.86. The van der Waals surface area contributed by atoms with Crippen LogP contribution in [0.15, 0.2) is 10.6 Å². The van der Waals surface area contributed by atoms with Crippen LogP contribution in [0.3, 0.4) is 0 Å². The van der Waals surface area contributed by atoms with E-state index in [9.17, 15) is 26.4 Å². The van der Waals surface area contributed by atoms with Crippen LogP contribution in [0.4, 0.5) is 13.2 Å². The molecule has 7 nitrogen and oxygen atoms in total. The van der Waals surface area contributed by atoms with Gasteiger partial charge in [0.25, 0.3) is 5.71 Å². The van der Waals surface area contributed by atoms with Crippen molar-refractivity contribution in [3.8, 4) is 0 Å². The molecule has 11 heteroatoms. The Morgan fingerprint density at radius 1 is 1.33 bits per heavy atom. The molecule has 4 rings (SSSR count). The van der Waals surface area contributed by atoms with Crippen LogP contribution in [-0.2, 0) is 20.8 Å². The van der Waals surface area contributed by atoms with Crippen LogP contribution in [-0.4, -0.2) is 54.0 Å². The third-order valence-electron chi connectivity index (χ3n) is 5.92. The van der Waals surface area contributed by atoms with Crippen molar-refractivity contribution in [1.29, 1.82) is 0 Å². The summed E-state index contributed by atoms with van der Waals surface area (Å²) in [6, 6.07) is 1.04. The highest BCUT2D eigenvalue weighted by atomic mass is 32.2. The first-order valence-corrected chi connectivity index (χ1v) is 11.7. The number of rotatable bonds is 3. The molecule has 2 aromatic rings. The Labute approximate surface area is 171 Å². The van der Waals surface area contributed by atoms with E-state index in [4.69, 9.17) is 4.52 Å². The fourth-order valence-electron chi connectivity index (χ4n) is 4.40. The van der Waals surface area contributed by atoms with E-state index in [2.05, 4.69) is 10.1 Å². The first-order chi connectivity index (χ1) is 14.0. The predicted molar refractivity (Wildman–Crippen MR) is 101 cm³/mol. The molecule has 2 aliphatic heterocycles. The summed E-state index contributed by atoms with van der Waals surface area (Å²) in [6.45, 7) is 2.19. The molecule has 0 bridgehead atoms. The summed E-state index contributed by atoms with van der Waals surface area (Å²) in [4.78, 5) is 18.6. The number of sulfone groups is 1. The zero-order valence-electron chi connectivity index (χ0n) is 16.4. The van der Waals surface area contributed by atoms with Gasteiger partial charge in [-0.1, -0.05) is 5.16 Å². The molecular formula is C19H22F3N3O4S. The number of hydrogen-bond donors (Lipinski definition) is 0. The Morgan fingerprint density at radius 2 is 2.10 bits per heavy atom. The van der Waals surface area contributed by atoms with Crippen LogP contribution in [0.2, 0.25) is 0 Å². The highest BCUT2D eigenvalue weighted by molar-refractivity contribution is 7.91. The molecule has 2 aromatic heterocycles. The molecular weight excluding hydrogens is 423 g/mol. The number of likely N-dealkylation sites (tertiary alicyclic amines) is 1. The summed E-state index contributed by atoms with van der Waals surface area (Å²) in [6.07, 6.45) is -2.72. The van der Waals surface area contributed by atoms with Crippen LogP contribution in [0.25, 0.3) is 11.1 Å². The number of amides is 1. The SMILES string of the molecule is Cc1noc2nc([C@H]3CCCN(C(=O)C[C@@H]4CCS(=O)(=O)C4)C3)cc(C(F)(F)F)c12. The molecule has 0 unspecified atom stereocenters. The molecule has 0 spiro atoms. The zero-order valence-corrected chi connectivity index (χ0v) is 17.2. The molecule has 0 aromatic carbocycles. The van der Waals surface area contributed by atoms with Gasteiger partial charge in [0.2, 0.25) is 5.91 Å². The first kappa shape index (κ1) is 21.1. The van der Waals surface area contributed by atoms with Crippen molar-refractivity contribution in [1.82, 2.24) is 15.0 Å². The quantitative estimate of drug-likeness (QED) is 0.721. The molecule has 0 aliphatic carbocycles. The van der Waals surface area contributed by atoms with E-state index in [1.54, 1.807) is 4.90 Å². The summed E-state index contributed by atoms with van der Waals surface area (Å²) < 4.78 is 69.1. The summed E-state index contributed by atoms with van der Waals surface area (Å²) in [5.41, 5.74) is -0.631. The minimum absolute atomic E-state index is 0.0218. The maximum absolute atomic E-state index is 13.6. The number of aryl methyl sites for hydroxylation is 1. The minimum atomic E-state index is -4.58. The zero-order chi connectivity index (χ0) is 21.7. The molecule has 2 aliphatic rings. The maximum Gasteiger partial charge on any atom is 0.417 e. The average molecular weight is 445 g/mol. The molecule has 4 heterocycles. The summed E-state index contributed by atoms with van der Waals surface area (Å²) >= 11 is 0. The van der Waals surface area contributed by atoms with E-state index in [1.807, 2.05) is 0 Å². The number of piperidine rings is 1. The van der Waals surface area contributed by atoms with Crippen molar-refractivity contribution in [2.45, 2.75) is 44.7 Å². The fourth-order valence-corrected chi connectivity index (χ4v) is 6.26. The molecule has 30 heavy (non-hydrogen) atoms. The van der Waals surface area contributed by atoms with Crippen molar-refractivity contribution >= 4 is 26.8 Å². The van der Waals surface area contributed by atoms with E-state index in [1.165, 1.54) is 6.92 Å². The van der Waals surface area contributed by atoms with Gasteiger partial charge in [0.05, 0.1) is 33.8 Å². The van der Waals surface area contributed by atoms with Crippen molar-refractivity contribution in [3.05, 3.63) is 23.0 Å². The van der Waals surface area contributed by atoms with Gasteiger partial charge in [0.15, 0.2) is 9.84 Å². The van der Waals surface area contributed by atoms with E-state index in [-0.39, 0.29) is 64.7 Å². The van der Waals surface area contributed by atoms with Crippen LogP contribution in [0.1, 0.15) is 48.6 Å². The normalized spacial score (nSPS) is 24.5. The minimum Gasteiger partial charge on any atom is -0.342 e. The molecule has 164 valence electrons. The van der Waals surface area contributed by atoms with Gasteiger partial charge in [-0.25, -0.2) is 13.4 Å². The van der Waals surface area contributed by atoms with Gasteiger partial charge in [-0.05, 0) is 38.2 Å². The summed E-state index contributed by atoms with van der Waals surface area (Å²) in [5.74, 6) is -0.575. The number of alkyl halides is 3. The third-order valence-corrected chi connectivity index (χ3v) is 7.76. The number of carbonyl (C=O) groups excluding carboxylic acids is 1. The van der Waals surface area contributed by atoms with Gasteiger partial charge in [-0.15, -0.1) is 0 Å². The molecule has 1 amide bonds. The highest BCUT2D eigenvalue weighted by Gasteiger charge is 2.37. The number of hydrogen-bond acceptors (Lipinski definition) is 6. The van der Waals surface area contributed by atoms with Crippen molar-refractivity contribution in [2.75, 3.05) is 24.6 Å². The molecule has 0 radical (unpaired) electrons. The highest BCUT2D eigenvalue weighted by Crippen LogP contribution is 2.38. The average Bonchev–Trinajstić information content (AvgIpc) is 3.22. The molecule has 0 N–H and O–H groups in total. The number of aromatic nitrogens is 2. The molecule has 2 atom stereocenters. The molecule has 2 fully saturated rings. The smallest absolute Gasteiger partial charge is 0.342 e. The lowest BCUT2D eigenvalue weighted by atomic mass is 9.92. The second kappa shape index (κ2) is 7.51. The Kier molecular flexibility index (Phi) is 5.27. The summed E-state index contributed by atoms with van der Waals surface area (Å²) in [5, 5.41) is 3.48. The van der Waals surface area contributed by atoms with Gasteiger partial charge < -0.3 is 9.42 Å². The second-order valence-electron chi connectivity index (χ2n) is 8.19. The van der Waals surface area contributed by atoms with Crippen molar-refractivity contribution in [2.24, 2.45) is 5.92 Å². The lowest BCUT2D eigenvalue weighted by Gasteiger charge is -2.33. The monoisotopic (exact) mass is 445 g/mol. The van der Waals surface area contributed by atoms with Gasteiger partial charge in [-0.3, -0.25) is 4.79 Å². The lowest BCUT2D eigenvalue weighted by molar-refractivity contribution is -0.136. The van der Waals surface area contributed by atoms with E-state index < -0.39 is 21.6 Å². The second-order valence-corrected chi connectivity index (χ2v) is 10.4. The topological polar surface area (TPSA) is 93.4 Å². The number of nitrogens with zero attached hydrogens (tertiary/aromatic N) is 3. The number of carbonyl (C=O) groups is 1. The molecule has 2 saturated heterocycles. The number of halogens is 3. The summed E-state index contributed by atoms with van der Waals surface area (Å²) in [7, 11) is -3.07. The van der Waals surface area contributed by atoms with Gasteiger partial charge in [0.1, 0.15) is 0 Å². The van der Waals surface area contributed by atoms with Crippen LogP contribution >= 0.6 is 0 Å². The standard InChI is InChI=1S/C19H22F3N3O4S/c1-11-17-14(19(20,21)22)8-15(23-18(17)29-24-11)13-3-2-5-25(9-13)16(26)7-12-4-6-30(27,28)10-12/h8,12-13H,2-7,9-10H2,1H3/t12-,13-/m0/s1.